The zero-order chi connectivity index (χ0) is 13.9. The number of likely N-dealkylation sites (N-methyl/N-ethyl adjacent to an activating group) is 1. The smallest absolute Gasteiger partial charge is 0.269 e. The molecule has 19 heavy (non-hydrogen) atoms. The molecule has 0 aliphatic heterocycles. The second-order valence-corrected chi connectivity index (χ2v) is 5.01. The number of amides is 1. The lowest BCUT2D eigenvalue weighted by atomic mass is 10.2. The van der Waals surface area contributed by atoms with Gasteiger partial charge in [0.2, 0.25) is 0 Å². The summed E-state index contributed by atoms with van der Waals surface area (Å²) >= 11 is 0. The largest absolute Gasteiger partial charge is 0.344 e. The average Bonchev–Trinajstić information content (AvgIpc) is 3.16. The van der Waals surface area contributed by atoms with Gasteiger partial charge in [0, 0.05) is 6.54 Å². The Bertz CT molecular complexity index is 503. The van der Waals surface area contributed by atoms with Crippen LogP contribution in [0.3, 0.4) is 0 Å². The van der Waals surface area contributed by atoms with Gasteiger partial charge in [0.25, 0.3) is 11.5 Å². The normalized spacial score (nSPS) is 16.4. The molecule has 0 saturated heterocycles. The van der Waals surface area contributed by atoms with Gasteiger partial charge in [0.1, 0.15) is 5.69 Å². The summed E-state index contributed by atoms with van der Waals surface area (Å²) < 4.78 is 0. The molecule has 1 fully saturated rings. The van der Waals surface area contributed by atoms with E-state index in [0.29, 0.717) is 0 Å². The highest BCUT2D eigenvalue weighted by atomic mass is 16.2. The van der Waals surface area contributed by atoms with Crippen LogP contribution in [-0.4, -0.2) is 45.9 Å². The van der Waals surface area contributed by atoms with Crippen LogP contribution >= 0.6 is 0 Å². The molecule has 0 bridgehead atoms. The molecule has 1 saturated carbocycles. The monoisotopic (exact) mass is 264 g/mol. The van der Waals surface area contributed by atoms with E-state index >= 15 is 0 Å². The maximum atomic E-state index is 12.1. The van der Waals surface area contributed by atoms with Crippen LogP contribution in [0.1, 0.15) is 37.2 Å². The molecule has 104 valence electrons. The van der Waals surface area contributed by atoms with Crippen molar-refractivity contribution in [2.45, 2.75) is 32.2 Å². The molecule has 0 atom stereocenters. The van der Waals surface area contributed by atoms with Gasteiger partial charge < -0.3 is 15.2 Å². The van der Waals surface area contributed by atoms with E-state index in [4.69, 9.17) is 0 Å². The van der Waals surface area contributed by atoms with E-state index in [1.165, 1.54) is 6.20 Å². The highest BCUT2D eigenvalue weighted by molar-refractivity contribution is 5.92. The minimum Gasteiger partial charge on any atom is -0.344 e. The van der Waals surface area contributed by atoms with Crippen molar-refractivity contribution in [1.29, 1.82) is 0 Å². The SMILES string of the molecule is CCN(CC)CC1(NC(=O)c2cncc(=O)[nH]2)CC1. The first-order valence-corrected chi connectivity index (χ1v) is 6.68. The van der Waals surface area contributed by atoms with Gasteiger partial charge in [0.15, 0.2) is 0 Å². The molecule has 1 aliphatic rings. The number of rotatable bonds is 6. The fourth-order valence-electron chi connectivity index (χ4n) is 2.15. The van der Waals surface area contributed by atoms with Gasteiger partial charge in [-0.1, -0.05) is 13.8 Å². The Balaban J connectivity index is 2.01. The molecule has 2 N–H and O–H groups in total. The molecule has 0 aromatic carbocycles. The number of carbonyl (C=O) groups is 1. The predicted octanol–water partition coefficient (Wildman–Crippen LogP) is 0.374. The maximum absolute atomic E-state index is 12.1. The minimum absolute atomic E-state index is 0.129. The van der Waals surface area contributed by atoms with Crippen molar-refractivity contribution in [3.05, 3.63) is 28.4 Å². The predicted molar refractivity (Wildman–Crippen MR) is 72.1 cm³/mol. The van der Waals surface area contributed by atoms with Crippen LogP contribution in [0.15, 0.2) is 17.2 Å². The van der Waals surface area contributed by atoms with Crippen molar-refractivity contribution in [2.24, 2.45) is 0 Å². The van der Waals surface area contributed by atoms with E-state index in [0.717, 1.165) is 38.7 Å². The molecule has 0 spiro atoms. The summed E-state index contributed by atoms with van der Waals surface area (Å²) in [5.41, 5.74) is -0.268. The van der Waals surface area contributed by atoms with Crippen molar-refractivity contribution >= 4 is 5.91 Å². The van der Waals surface area contributed by atoms with Crippen molar-refractivity contribution in [2.75, 3.05) is 19.6 Å². The molecule has 1 heterocycles. The lowest BCUT2D eigenvalue weighted by molar-refractivity contribution is 0.0912. The van der Waals surface area contributed by atoms with Gasteiger partial charge in [-0.05, 0) is 25.9 Å². The fraction of sp³-hybridized carbons (Fsp3) is 0.615. The molecule has 6 nitrogen and oxygen atoms in total. The second kappa shape index (κ2) is 5.52. The van der Waals surface area contributed by atoms with E-state index < -0.39 is 0 Å². The molecule has 0 unspecified atom stereocenters. The third-order valence-electron chi connectivity index (χ3n) is 3.55. The molecule has 1 aromatic heterocycles. The first-order valence-electron chi connectivity index (χ1n) is 6.68. The molecule has 1 aliphatic carbocycles. The fourth-order valence-corrected chi connectivity index (χ4v) is 2.15. The lowest BCUT2D eigenvalue weighted by Gasteiger charge is -2.25. The molecule has 1 amide bonds. The number of nitrogens with zero attached hydrogens (tertiary/aromatic N) is 2. The lowest BCUT2D eigenvalue weighted by Crippen LogP contribution is -2.46. The summed E-state index contributed by atoms with van der Waals surface area (Å²) in [4.78, 5) is 31.7. The Hall–Kier alpha value is -1.69. The third kappa shape index (κ3) is 3.41. The van der Waals surface area contributed by atoms with E-state index in [-0.39, 0.29) is 22.7 Å². The van der Waals surface area contributed by atoms with Gasteiger partial charge in [-0.25, -0.2) is 0 Å². The Morgan fingerprint density at radius 2 is 2.11 bits per heavy atom. The van der Waals surface area contributed by atoms with Crippen LogP contribution in [0, 0.1) is 0 Å². The number of hydrogen-bond acceptors (Lipinski definition) is 4. The van der Waals surface area contributed by atoms with Crippen molar-refractivity contribution in [3.63, 3.8) is 0 Å². The van der Waals surface area contributed by atoms with Crippen molar-refractivity contribution < 1.29 is 4.79 Å². The molecular formula is C13H20N4O2. The summed E-state index contributed by atoms with van der Waals surface area (Å²) in [6.07, 6.45) is 4.50. The number of carbonyl (C=O) groups excluding carboxylic acids is 1. The van der Waals surface area contributed by atoms with Crippen LogP contribution in [0.4, 0.5) is 0 Å². The second-order valence-electron chi connectivity index (χ2n) is 5.01. The Labute approximate surface area is 112 Å². The summed E-state index contributed by atoms with van der Waals surface area (Å²) in [6.45, 7) is 7.02. The highest BCUT2D eigenvalue weighted by Gasteiger charge is 2.45. The van der Waals surface area contributed by atoms with Gasteiger partial charge in [-0.3, -0.25) is 14.6 Å². The molecule has 0 radical (unpaired) electrons. The number of aromatic nitrogens is 2. The Morgan fingerprint density at radius 1 is 1.42 bits per heavy atom. The van der Waals surface area contributed by atoms with E-state index in [9.17, 15) is 9.59 Å². The first kappa shape index (κ1) is 13.7. The number of nitrogens with one attached hydrogen (secondary N) is 2. The quantitative estimate of drug-likeness (QED) is 0.778. The van der Waals surface area contributed by atoms with Gasteiger partial charge in [0.05, 0.1) is 17.9 Å². The van der Waals surface area contributed by atoms with Gasteiger partial charge in [-0.2, -0.15) is 0 Å². The third-order valence-corrected chi connectivity index (χ3v) is 3.55. The molecule has 6 heteroatoms. The van der Waals surface area contributed by atoms with Gasteiger partial charge >= 0.3 is 0 Å². The molecule has 2 rings (SSSR count). The van der Waals surface area contributed by atoms with Crippen LogP contribution in [-0.2, 0) is 0 Å². The first-order chi connectivity index (χ1) is 9.08. The van der Waals surface area contributed by atoms with E-state index in [2.05, 4.69) is 34.0 Å². The standard InChI is InChI=1S/C13H20N4O2/c1-3-17(4-2)9-13(5-6-13)16-12(19)10-7-14-8-11(18)15-10/h7-8H,3-6,9H2,1-2H3,(H,15,18)(H,16,19). The van der Waals surface area contributed by atoms with Crippen LogP contribution in [0.5, 0.6) is 0 Å². The Morgan fingerprint density at radius 3 is 2.63 bits per heavy atom. The number of aromatic amines is 1. The summed E-state index contributed by atoms with van der Waals surface area (Å²) in [5, 5.41) is 3.02. The van der Waals surface area contributed by atoms with Crippen molar-refractivity contribution in [1.82, 2.24) is 20.2 Å². The van der Waals surface area contributed by atoms with Crippen LogP contribution in [0.2, 0.25) is 0 Å². The topological polar surface area (TPSA) is 78.1 Å². The van der Waals surface area contributed by atoms with Crippen LogP contribution in [0.25, 0.3) is 0 Å². The summed E-state index contributed by atoms with van der Waals surface area (Å²) in [7, 11) is 0. The average molecular weight is 264 g/mol. The molecular weight excluding hydrogens is 244 g/mol. The molecule has 1 aromatic rings. The highest BCUT2D eigenvalue weighted by Crippen LogP contribution is 2.36. The number of hydrogen-bond donors (Lipinski definition) is 2. The zero-order valence-electron chi connectivity index (χ0n) is 11.4. The Kier molecular flexibility index (Phi) is 3.99. The van der Waals surface area contributed by atoms with Crippen LogP contribution < -0.4 is 10.9 Å². The van der Waals surface area contributed by atoms with E-state index in [1.807, 2.05) is 0 Å². The maximum Gasteiger partial charge on any atom is 0.269 e. The van der Waals surface area contributed by atoms with Gasteiger partial charge in [-0.15, -0.1) is 0 Å². The minimum atomic E-state index is -0.360. The van der Waals surface area contributed by atoms with Crippen molar-refractivity contribution in [3.8, 4) is 0 Å². The zero-order valence-corrected chi connectivity index (χ0v) is 11.4. The number of H-pyrrole nitrogens is 1. The summed E-state index contributed by atoms with van der Waals surface area (Å²) in [5.74, 6) is -0.255. The summed E-state index contributed by atoms with van der Waals surface area (Å²) in [6, 6.07) is 0. The van der Waals surface area contributed by atoms with E-state index in [1.54, 1.807) is 0 Å².